The molecule has 1 saturated heterocycles. The van der Waals surface area contributed by atoms with Crippen molar-refractivity contribution < 1.29 is 4.79 Å². The fourth-order valence-corrected chi connectivity index (χ4v) is 5.03. The van der Waals surface area contributed by atoms with Crippen LogP contribution in [-0.2, 0) is 11.2 Å². The first-order valence-corrected chi connectivity index (χ1v) is 11.6. The molecule has 2 aromatic carbocycles. The van der Waals surface area contributed by atoms with Crippen LogP contribution < -0.4 is 5.32 Å². The van der Waals surface area contributed by atoms with Gasteiger partial charge in [-0.3, -0.25) is 9.78 Å². The van der Waals surface area contributed by atoms with Gasteiger partial charge < -0.3 is 10.2 Å². The van der Waals surface area contributed by atoms with Crippen molar-refractivity contribution in [1.29, 1.82) is 0 Å². The normalized spacial score (nSPS) is 16.9. The van der Waals surface area contributed by atoms with Crippen molar-refractivity contribution >= 4 is 5.91 Å². The second kappa shape index (κ2) is 10.1. The number of carbonyl (C=O) groups excluding carboxylic acids is 1. The minimum Gasteiger partial charge on any atom is -0.359 e. The van der Waals surface area contributed by atoms with Gasteiger partial charge >= 0.3 is 0 Å². The van der Waals surface area contributed by atoms with Crippen molar-refractivity contribution in [2.45, 2.75) is 32.1 Å². The minimum atomic E-state index is -0.375. The summed E-state index contributed by atoms with van der Waals surface area (Å²) in [5, 5.41) is 2.97. The molecule has 2 heterocycles. The molecule has 32 heavy (non-hydrogen) atoms. The van der Waals surface area contributed by atoms with E-state index < -0.39 is 0 Å². The molecule has 4 rings (SSSR count). The Morgan fingerprint density at radius 3 is 2.44 bits per heavy atom. The molecule has 3 aromatic rings. The second-order valence-electron chi connectivity index (χ2n) is 9.05. The van der Waals surface area contributed by atoms with E-state index in [9.17, 15) is 4.79 Å². The molecular formula is C28H33N3O. The number of amides is 1. The zero-order chi connectivity index (χ0) is 22.4. The summed E-state index contributed by atoms with van der Waals surface area (Å²) in [7, 11) is 1.76. The van der Waals surface area contributed by atoms with Gasteiger partial charge in [0.15, 0.2) is 0 Å². The molecule has 0 spiro atoms. The molecule has 0 aliphatic carbocycles. The molecule has 1 aromatic heterocycles. The van der Waals surface area contributed by atoms with Crippen molar-refractivity contribution in [3.8, 4) is 11.1 Å². The van der Waals surface area contributed by atoms with Crippen LogP contribution in [0.15, 0.2) is 79.1 Å². The van der Waals surface area contributed by atoms with Gasteiger partial charge in [0.05, 0.1) is 5.41 Å². The lowest BCUT2D eigenvalue weighted by molar-refractivity contribution is -0.133. The number of nitrogens with one attached hydrogen (secondary N) is 1. The summed E-state index contributed by atoms with van der Waals surface area (Å²) in [5.74, 6) is 0.643. The number of carbonyl (C=O) groups is 1. The van der Waals surface area contributed by atoms with Gasteiger partial charge in [-0.05, 0) is 61.0 Å². The Balaban J connectivity index is 1.50. The van der Waals surface area contributed by atoms with E-state index in [1.165, 1.54) is 16.7 Å². The summed E-state index contributed by atoms with van der Waals surface area (Å²) < 4.78 is 0. The summed E-state index contributed by atoms with van der Waals surface area (Å²) in [6.07, 6.45) is 6.19. The third kappa shape index (κ3) is 4.91. The average molecular weight is 428 g/mol. The number of pyridine rings is 1. The number of rotatable bonds is 7. The summed E-state index contributed by atoms with van der Waals surface area (Å²) in [5.41, 5.74) is 4.49. The van der Waals surface area contributed by atoms with Gasteiger partial charge in [-0.25, -0.2) is 0 Å². The van der Waals surface area contributed by atoms with Gasteiger partial charge in [-0.15, -0.1) is 0 Å². The molecule has 1 aliphatic heterocycles. The van der Waals surface area contributed by atoms with E-state index in [-0.39, 0.29) is 11.3 Å². The van der Waals surface area contributed by atoms with Crippen LogP contribution in [0.1, 0.15) is 36.8 Å². The lowest BCUT2D eigenvalue weighted by Crippen LogP contribution is -2.49. The lowest BCUT2D eigenvalue weighted by Gasteiger charge is -2.41. The Labute approximate surface area is 191 Å². The molecule has 0 unspecified atom stereocenters. The Hall–Kier alpha value is -2.98. The highest BCUT2D eigenvalue weighted by atomic mass is 16.2. The summed E-state index contributed by atoms with van der Waals surface area (Å²) in [4.78, 5) is 20.0. The predicted octanol–water partition coefficient (Wildman–Crippen LogP) is 4.92. The monoisotopic (exact) mass is 427 g/mol. The van der Waals surface area contributed by atoms with E-state index in [0.717, 1.165) is 44.5 Å². The van der Waals surface area contributed by atoms with Crippen molar-refractivity contribution in [2.75, 3.05) is 26.7 Å². The van der Waals surface area contributed by atoms with Crippen molar-refractivity contribution in [3.05, 3.63) is 90.3 Å². The fourth-order valence-electron chi connectivity index (χ4n) is 5.03. The fraction of sp³-hybridized carbons (Fsp3) is 0.357. The predicted molar refractivity (Wildman–Crippen MR) is 130 cm³/mol. The van der Waals surface area contributed by atoms with E-state index in [4.69, 9.17) is 0 Å². The molecule has 4 heteroatoms. The van der Waals surface area contributed by atoms with Gasteiger partial charge in [-0.1, -0.05) is 67.6 Å². The SMILES string of the molecule is CNC(=O)C1(Cc2ccccc2-c2cccnc2)CCN(C[C@H](C)c2ccccc2)CC1. The summed E-state index contributed by atoms with van der Waals surface area (Å²) in [6, 6.07) is 23.2. The van der Waals surface area contributed by atoms with Crippen molar-refractivity contribution in [2.24, 2.45) is 5.41 Å². The quantitative estimate of drug-likeness (QED) is 0.582. The largest absolute Gasteiger partial charge is 0.359 e. The number of hydrogen-bond acceptors (Lipinski definition) is 3. The van der Waals surface area contributed by atoms with E-state index in [2.05, 4.69) is 82.8 Å². The van der Waals surface area contributed by atoms with Gasteiger partial charge in [0.2, 0.25) is 5.91 Å². The highest BCUT2D eigenvalue weighted by molar-refractivity contribution is 5.83. The number of aromatic nitrogens is 1. The van der Waals surface area contributed by atoms with Crippen LogP contribution in [0.4, 0.5) is 0 Å². The summed E-state index contributed by atoms with van der Waals surface area (Å²) >= 11 is 0. The molecule has 0 bridgehead atoms. The maximum atomic E-state index is 13.1. The van der Waals surface area contributed by atoms with Crippen molar-refractivity contribution in [3.63, 3.8) is 0 Å². The van der Waals surface area contributed by atoms with Crippen LogP contribution in [0, 0.1) is 5.41 Å². The molecular weight excluding hydrogens is 394 g/mol. The maximum absolute atomic E-state index is 13.1. The Kier molecular flexibility index (Phi) is 7.01. The number of nitrogens with zero attached hydrogens (tertiary/aromatic N) is 2. The van der Waals surface area contributed by atoms with Crippen LogP contribution in [0.2, 0.25) is 0 Å². The third-order valence-corrected chi connectivity index (χ3v) is 6.94. The number of likely N-dealkylation sites (tertiary alicyclic amines) is 1. The molecule has 1 amide bonds. The molecule has 0 saturated carbocycles. The van der Waals surface area contributed by atoms with Gasteiger partial charge in [0.1, 0.15) is 0 Å². The molecule has 1 fully saturated rings. The molecule has 1 aliphatic rings. The van der Waals surface area contributed by atoms with E-state index in [0.29, 0.717) is 5.92 Å². The maximum Gasteiger partial charge on any atom is 0.226 e. The Morgan fingerprint density at radius 2 is 1.75 bits per heavy atom. The number of piperidine rings is 1. The second-order valence-corrected chi connectivity index (χ2v) is 9.05. The van der Waals surface area contributed by atoms with Gasteiger partial charge in [-0.2, -0.15) is 0 Å². The molecule has 0 radical (unpaired) electrons. The molecule has 1 N–H and O–H groups in total. The zero-order valence-electron chi connectivity index (χ0n) is 19.1. The minimum absolute atomic E-state index is 0.161. The zero-order valence-corrected chi connectivity index (χ0v) is 19.1. The first kappa shape index (κ1) is 22.2. The van der Waals surface area contributed by atoms with E-state index >= 15 is 0 Å². The van der Waals surface area contributed by atoms with Crippen LogP contribution in [-0.4, -0.2) is 42.5 Å². The van der Waals surface area contributed by atoms with Gasteiger partial charge in [0.25, 0.3) is 0 Å². The highest BCUT2D eigenvalue weighted by Crippen LogP contribution is 2.38. The van der Waals surface area contributed by atoms with Crippen LogP contribution >= 0.6 is 0 Å². The van der Waals surface area contributed by atoms with Crippen LogP contribution in [0.5, 0.6) is 0 Å². The number of benzene rings is 2. The first-order valence-electron chi connectivity index (χ1n) is 11.6. The van der Waals surface area contributed by atoms with Crippen molar-refractivity contribution in [1.82, 2.24) is 15.2 Å². The Bertz CT molecular complexity index is 1010. The Morgan fingerprint density at radius 1 is 1.03 bits per heavy atom. The van der Waals surface area contributed by atoms with Crippen LogP contribution in [0.3, 0.4) is 0 Å². The highest BCUT2D eigenvalue weighted by Gasteiger charge is 2.41. The topological polar surface area (TPSA) is 45.2 Å². The molecule has 4 nitrogen and oxygen atoms in total. The number of hydrogen-bond donors (Lipinski definition) is 1. The molecule has 166 valence electrons. The van der Waals surface area contributed by atoms with Gasteiger partial charge in [0, 0.05) is 31.5 Å². The third-order valence-electron chi connectivity index (χ3n) is 6.94. The smallest absolute Gasteiger partial charge is 0.226 e. The van der Waals surface area contributed by atoms with E-state index in [1.807, 2.05) is 12.3 Å². The standard InChI is InChI=1S/C28H33N3O/c1-22(23-9-4-3-5-10-23)21-31-17-14-28(15-18-31,27(32)29-2)19-24-11-6-7-13-26(24)25-12-8-16-30-20-25/h3-13,16,20,22H,14-15,17-19,21H2,1-2H3,(H,29,32)/t22-/m0/s1. The lowest BCUT2D eigenvalue weighted by atomic mass is 9.72. The van der Waals surface area contributed by atoms with Crippen LogP contribution in [0.25, 0.3) is 11.1 Å². The first-order chi connectivity index (χ1) is 15.6. The van der Waals surface area contributed by atoms with E-state index in [1.54, 1.807) is 13.2 Å². The molecule has 1 atom stereocenters. The summed E-state index contributed by atoms with van der Waals surface area (Å²) in [6.45, 7) is 5.21. The average Bonchev–Trinajstić information content (AvgIpc) is 2.86.